The molecule has 0 spiro atoms. The molecule has 0 saturated carbocycles. The van der Waals surface area contributed by atoms with Gasteiger partial charge in [0.25, 0.3) is 0 Å². The van der Waals surface area contributed by atoms with Gasteiger partial charge in [0.2, 0.25) is 5.91 Å². The number of hydrogen-bond acceptors (Lipinski definition) is 3. The molecule has 21 heavy (non-hydrogen) atoms. The molecule has 0 fully saturated rings. The number of amides is 1. The Labute approximate surface area is 130 Å². The van der Waals surface area contributed by atoms with Crippen LogP contribution in [0.4, 0.5) is 0 Å². The first kappa shape index (κ1) is 15.7. The third-order valence-corrected chi connectivity index (χ3v) is 4.17. The second-order valence-corrected chi connectivity index (χ2v) is 6.07. The SMILES string of the molecule is Cc1ccc(CSCCNC(=O)CCc2ccco2)cc1. The number of furan rings is 1. The lowest BCUT2D eigenvalue weighted by Crippen LogP contribution is -2.25. The maximum Gasteiger partial charge on any atom is 0.220 e. The second kappa shape index (κ2) is 8.57. The summed E-state index contributed by atoms with van der Waals surface area (Å²) in [4.78, 5) is 11.6. The minimum absolute atomic E-state index is 0.0855. The monoisotopic (exact) mass is 303 g/mol. The molecule has 1 amide bonds. The molecule has 0 radical (unpaired) electrons. The summed E-state index contributed by atoms with van der Waals surface area (Å²) < 4.78 is 5.20. The average molecular weight is 303 g/mol. The van der Waals surface area contributed by atoms with Crippen molar-refractivity contribution in [2.45, 2.75) is 25.5 Å². The van der Waals surface area contributed by atoms with Crippen LogP contribution in [0.1, 0.15) is 23.3 Å². The van der Waals surface area contributed by atoms with Gasteiger partial charge in [-0.25, -0.2) is 0 Å². The molecular formula is C17H21NO2S. The summed E-state index contributed by atoms with van der Waals surface area (Å²) >= 11 is 1.84. The van der Waals surface area contributed by atoms with E-state index in [0.29, 0.717) is 19.4 Å². The molecule has 3 nitrogen and oxygen atoms in total. The summed E-state index contributed by atoms with van der Waals surface area (Å²) in [6, 6.07) is 12.3. The van der Waals surface area contributed by atoms with Gasteiger partial charge in [-0.2, -0.15) is 11.8 Å². The van der Waals surface area contributed by atoms with Crippen LogP contribution >= 0.6 is 11.8 Å². The first-order valence-electron chi connectivity index (χ1n) is 7.16. The summed E-state index contributed by atoms with van der Waals surface area (Å²) in [7, 11) is 0. The molecule has 1 aromatic heterocycles. The van der Waals surface area contributed by atoms with Crippen molar-refractivity contribution in [3.8, 4) is 0 Å². The first-order valence-corrected chi connectivity index (χ1v) is 8.32. The van der Waals surface area contributed by atoms with Crippen molar-refractivity contribution in [3.63, 3.8) is 0 Å². The highest BCUT2D eigenvalue weighted by Gasteiger charge is 2.03. The lowest BCUT2D eigenvalue weighted by atomic mass is 10.2. The largest absolute Gasteiger partial charge is 0.469 e. The molecular weight excluding hydrogens is 282 g/mol. The van der Waals surface area contributed by atoms with E-state index < -0.39 is 0 Å². The number of nitrogens with one attached hydrogen (secondary N) is 1. The number of aryl methyl sites for hydroxylation is 2. The fraction of sp³-hybridized carbons (Fsp3) is 0.353. The summed E-state index contributed by atoms with van der Waals surface area (Å²) in [5, 5.41) is 2.94. The van der Waals surface area contributed by atoms with Crippen molar-refractivity contribution >= 4 is 17.7 Å². The molecule has 0 bridgehead atoms. The average Bonchev–Trinajstić information content (AvgIpc) is 3.00. The number of carbonyl (C=O) groups excluding carboxylic acids is 1. The summed E-state index contributed by atoms with van der Waals surface area (Å²) in [6.07, 6.45) is 2.78. The van der Waals surface area contributed by atoms with Gasteiger partial charge >= 0.3 is 0 Å². The van der Waals surface area contributed by atoms with Crippen LogP contribution in [0, 0.1) is 6.92 Å². The molecule has 1 heterocycles. The highest BCUT2D eigenvalue weighted by molar-refractivity contribution is 7.98. The Bertz CT molecular complexity index is 534. The zero-order chi connectivity index (χ0) is 14.9. The second-order valence-electron chi connectivity index (χ2n) is 4.97. The maximum absolute atomic E-state index is 11.6. The molecule has 0 atom stereocenters. The zero-order valence-electron chi connectivity index (χ0n) is 12.3. The molecule has 0 saturated heterocycles. The number of benzene rings is 1. The van der Waals surface area contributed by atoms with E-state index in [1.165, 1.54) is 11.1 Å². The van der Waals surface area contributed by atoms with Gasteiger partial charge in [-0.15, -0.1) is 0 Å². The summed E-state index contributed by atoms with van der Waals surface area (Å²) in [6.45, 7) is 2.81. The third-order valence-electron chi connectivity index (χ3n) is 3.14. The van der Waals surface area contributed by atoms with Crippen LogP contribution in [-0.2, 0) is 17.0 Å². The van der Waals surface area contributed by atoms with Crippen molar-refractivity contribution in [2.75, 3.05) is 12.3 Å². The van der Waals surface area contributed by atoms with E-state index >= 15 is 0 Å². The van der Waals surface area contributed by atoms with E-state index in [9.17, 15) is 4.79 Å². The minimum atomic E-state index is 0.0855. The maximum atomic E-state index is 11.6. The van der Waals surface area contributed by atoms with Gasteiger partial charge in [-0.05, 0) is 24.6 Å². The fourth-order valence-corrected chi connectivity index (χ4v) is 2.74. The van der Waals surface area contributed by atoms with Crippen LogP contribution in [0.5, 0.6) is 0 Å². The Morgan fingerprint density at radius 3 is 2.76 bits per heavy atom. The molecule has 0 aliphatic carbocycles. The minimum Gasteiger partial charge on any atom is -0.469 e. The molecule has 2 rings (SSSR count). The van der Waals surface area contributed by atoms with Crippen molar-refractivity contribution < 1.29 is 9.21 Å². The molecule has 1 aromatic carbocycles. The standard InChI is InChI=1S/C17H21NO2S/c1-14-4-6-15(7-5-14)13-21-12-10-18-17(19)9-8-16-3-2-11-20-16/h2-7,11H,8-10,12-13H2,1H3,(H,18,19). The predicted molar refractivity (Wildman–Crippen MR) is 87.4 cm³/mol. The van der Waals surface area contributed by atoms with E-state index in [2.05, 4.69) is 36.5 Å². The summed E-state index contributed by atoms with van der Waals surface area (Å²) in [5.74, 6) is 2.87. The first-order chi connectivity index (χ1) is 10.2. The lowest BCUT2D eigenvalue weighted by molar-refractivity contribution is -0.121. The van der Waals surface area contributed by atoms with Gasteiger partial charge in [0.1, 0.15) is 5.76 Å². The Hall–Kier alpha value is -1.68. The van der Waals surface area contributed by atoms with Gasteiger partial charge in [0.05, 0.1) is 6.26 Å². The molecule has 4 heteroatoms. The van der Waals surface area contributed by atoms with Gasteiger partial charge < -0.3 is 9.73 Å². The number of thioether (sulfide) groups is 1. The summed E-state index contributed by atoms with van der Waals surface area (Å²) in [5.41, 5.74) is 2.61. The van der Waals surface area contributed by atoms with Crippen molar-refractivity contribution in [3.05, 3.63) is 59.5 Å². The number of rotatable bonds is 8. The topological polar surface area (TPSA) is 42.2 Å². The van der Waals surface area contributed by atoms with E-state index in [0.717, 1.165) is 17.3 Å². The van der Waals surface area contributed by atoms with E-state index in [4.69, 9.17) is 4.42 Å². The Kier molecular flexibility index (Phi) is 6.41. The van der Waals surface area contributed by atoms with Crippen LogP contribution < -0.4 is 5.32 Å². The third kappa shape index (κ3) is 6.08. The van der Waals surface area contributed by atoms with Crippen LogP contribution in [-0.4, -0.2) is 18.2 Å². The highest BCUT2D eigenvalue weighted by Crippen LogP contribution is 2.12. The Morgan fingerprint density at radius 2 is 2.05 bits per heavy atom. The van der Waals surface area contributed by atoms with Gasteiger partial charge in [-0.3, -0.25) is 4.79 Å². The molecule has 0 aliphatic heterocycles. The molecule has 112 valence electrons. The van der Waals surface area contributed by atoms with Gasteiger partial charge in [0.15, 0.2) is 0 Å². The van der Waals surface area contributed by atoms with Crippen molar-refractivity contribution in [1.29, 1.82) is 0 Å². The Balaban J connectivity index is 1.53. The van der Waals surface area contributed by atoms with Crippen LogP contribution in [0.3, 0.4) is 0 Å². The van der Waals surface area contributed by atoms with Gasteiger partial charge in [-0.1, -0.05) is 29.8 Å². The highest BCUT2D eigenvalue weighted by atomic mass is 32.2. The molecule has 0 aliphatic rings. The predicted octanol–water partition coefficient (Wildman–Crippen LogP) is 3.57. The lowest BCUT2D eigenvalue weighted by Gasteiger charge is -2.05. The molecule has 2 aromatic rings. The normalized spacial score (nSPS) is 10.5. The number of carbonyl (C=O) groups is 1. The van der Waals surface area contributed by atoms with E-state index in [1.807, 2.05) is 23.9 Å². The quantitative estimate of drug-likeness (QED) is 0.758. The zero-order valence-corrected chi connectivity index (χ0v) is 13.1. The van der Waals surface area contributed by atoms with Crippen LogP contribution in [0.15, 0.2) is 47.1 Å². The Morgan fingerprint density at radius 1 is 1.24 bits per heavy atom. The molecule has 1 N–H and O–H groups in total. The smallest absolute Gasteiger partial charge is 0.220 e. The van der Waals surface area contributed by atoms with Crippen molar-refractivity contribution in [1.82, 2.24) is 5.32 Å². The van der Waals surface area contributed by atoms with Gasteiger partial charge in [0, 0.05) is 30.9 Å². The van der Waals surface area contributed by atoms with Crippen molar-refractivity contribution in [2.24, 2.45) is 0 Å². The molecule has 0 unspecified atom stereocenters. The fourth-order valence-electron chi connectivity index (χ4n) is 1.92. The van der Waals surface area contributed by atoms with E-state index in [1.54, 1.807) is 6.26 Å². The van der Waals surface area contributed by atoms with E-state index in [-0.39, 0.29) is 5.91 Å². The van der Waals surface area contributed by atoms with Crippen LogP contribution in [0.25, 0.3) is 0 Å². The number of hydrogen-bond donors (Lipinski definition) is 1. The van der Waals surface area contributed by atoms with Crippen LogP contribution in [0.2, 0.25) is 0 Å².